The van der Waals surface area contributed by atoms with Gasteiger partial charge < -0.3 is 10.0 Å². The summed E-state index contributed by atoms with van der Waals surface area (Å²) in [7, 11) is 0. The van der Waals surface area contributed by atoms with E-state index in [-0.39, 0.29) is 24.2 Å². The molecular formula is C15H18FNO3. The van der Waals surface area contributed by atoms with Crippen molar-refractivity contribution in [3.05, 3.63) is 35.1 Å². The zero-order valence-electron chi connectivity index (χ0n) is 11.4. The van der Waals surface area contributed by atoms with Crippen LogP contribution in [0.5, 0.6) is 0 Å². The number of carbonyl (C=O) groups excluding carboxylic acids is 1. The molecule has 0 saturated carbocycles. The molecule has 108 valence electrons. The van der Waals surface area contributed by atoms with E-state index in [9.17, 15) is 14.0 Å². The third kappa shape index (κ3) is 3.15. The van der Waals surface area contributed by atoms with Crippen molar-refractivity contribution in [2.45, 2.75) is 38.6 Å². The molecule has 5 heteroatoms. The zero-order valence-corrected chi connectivity index (χ0v) is 11.4. The Labute approximate surface area is 117 Å². The zero-order chi connectivity index (χ0) is 14.7. The van der Waals surface area contributed by atoms with Crippen molar-refractivity contribution >= 4 is 11.9 Å². The smallest absolute Gasteiger partial charge is 0.305 e. The molecule has 0 bridgehead atoms. The highest BCUT2D eigenvalue weighted by Gasteiger charge is 2.29. The number of likely N-dealkylation sites (tertiary alicyclic amines) is 1. The average Bonchev–Trinajstić information content (AvgIpc) is 2.38. The molecule has 0 spiro atoms. The first-order valence-corrected chi connectivity index (χ1v) is 6.78. The molecule has 2 rings (SSSR count). The van der Waals surface area contributed by atoms with Crippen molar-refractivity contribution in [1.82, 2.24) is 4.90 Å². The van der Waals surface area contributed by atoms with Gasteiger partial charge in [0, 0.05) is 18.2 Å². The number of benzene rings is 1. The van der Waals surface area contributed by atoms with Crippen molar-refractivity contribution in [3.63, 3.8) is 0 Å². The number of aryl methyl sites for hydroxylation is 1. The Bertz CT molecular complexity index is 530. The van der Waals surface area contributed by atoms with Crippen LogP contribution in [-0.4, -0.2) is 34.5 Å². The summed E-state index contributed by atoms with van der Waals surface area (Å²) in [6.07, 6.45) is 2.48. The lowest BCUT2D eigenvalue weighted by Gasteiger charge is -2.35. The number of hydrogen-bond acceptors (Lipinski definition) is 2. The second-order valence-electron chi connectivity index (χ2n) is 5.21. The molecule has 1 fully saturated rings. The molecule has 1 heterocycles. The minimum Gasteiger partial charge on any atom is -0.481 e. The van der Waals surface area contributed by atoms with E-state index in [1.807, 2.05) is 0 Å². The van der Waals surface area contributed by atoms with Gasteiger partial charge in [0.25, 0.3) is 5.91 Å². The fourth-order valence-corrected chi connectivity index (χ4v) is 2.70. The standard InChI is InChI=1S/C15H18FNO3/c1-10-8-11(16)5-6-13(10)15(20)17-7-3-2-4-12(17)9-14(18)19/h5-6,8,12H,2-4,7,9H2,1H3,(H,18,19). The quantitative estimate of drug-likeness (QED) is 0.925. The topological polar surface area (TPSA) is 57.6 Å². The maximum Gasteiger partial charge on any atom is 0.305 e. The van der Waals surface area contributed by atoms with Crippen LogP contribution in [0.1, 0.15) is 41.6 Å². The fraction of sp³-hybridized carbons (Fsp3) is 0.467. The van der Waals surface area contributed by atoms with Crippen LogP contribution in [-0.2, 0) is 4.79 Å². The highest BCUT2D eigenvalue weighted by molar-refractivity contribution is 5.96. The van der Waals surface area contributed by atoms with Crippen molar-refractivity contribution in [2.75, 3.05) is 6.54 Å². The number of aliphatic carboxylic acids is 1. The predicted octanol–water partition coefficient (Wildman–Crippen LogP) is 2.60. The molecule has 20 heavy (non-hydrogen) atoms. The first-order valence-electron chi connectivity index (χ1n) is 6.78. The lowest BCUT2D eigenvalue weighted by molar-refractivity contribution is -0.138. The number of amides is 1. The van der Waals surface area contributed by atoms with Crippen LogP contribution in [0.3, 0.4) is 0 Å². The number of carboxylic acid groups (broad SMARTS) is 1. The van der Waals surface area contributed by atoms with Gasteiger partial charge in [0.2, 0.25) is 0 Å². The summed E-state index contributed by atoms with van der Waals surface area (Å²) >= 11 is 0. The molecule has 4 nitrogen and oxygen atoms in total. The van der Waals surface area contributed by atoms with E-state index in [1.54, 1.807) is 11.8 Å². The third-order valence-electron chi connectivity index (χ3n) is 3.72. The van der Waals surface area contributed by atoms with Crippen LogP contribution in [0, 0.1) is 12.7 Å². The van der Waals surface area contributed by atoms with Gasteiger partial charge in [-0.25, -0.2) is 4.39 Å². The minimum absolute atomic E-state index is 0.0357. The van der Waals surface area contributed by atoms with Crippen LogP contribution < -0.4 is 0 Å². The maximum atomic E-state index is 13.1. The summed E-state index contributed by atoms with van der Waals surface area (Å²) in [5.41, 5.74) is 1.03. The largest absolute Gasteiger partial charge is 0.481 e. The van der Waals surface area contributed by atoms with Crippen LogP contribution in [0.15, 0.2) is 18.2 Å². The first-order chi connectivity index (χ1) is 9.49. The SMILES string of the molecule is Cc1cc(F)ccc1C(=O)N1CCCCC1CC(=O)O. The number of halogens is 1. The van der Waals surface area contributed by atoms with E-state index in [4.69, 9.17) is 5.11 Å². The van der Waals surface area contributed by atoms with E-state index < -0.39 is 5.97 Å². The third-order valence-corrected chi connectivity index (χ3v) is 3.72. The Balaban J connectivity index is 2.22. The Morgan fingerprint density at radius 3 is 2.80 bits per heavy atom. The molecular weight excluding hydrogens is 261 g/mol. The van der Waals surface area contributed by atoms with Gasteiger partial charge in [0.1, 0.15) is 5.82 Å². The molecule has 1 aliphatic heterocycles. The van der Waals surface area contributed by atoms with Gasteiger partial charge in [-0.1, -0.05) is 0 Å². The highest BCUT2D eigenvalue weighted by Crippen LogP contribution is 2.23. The molecule has 0 radical (unpaired) electrons. The molecule has 0 aliphatic carbocycles. The molecule has 1 aromatic rings. The Morgan fingerprint density at radius 2 is 2.15 bits per heavy atom. The lowest BCUT2D eigenvalue weighted by atomic mass is 9.97. The summed E-state index contributed by atoms with van der Waals surface area (Å²) in [4.78, 5) is 25.1. The molecule has 1 amide bonds. The second-order valence-corrected chi connectivity index (χ2v) is 5.21. The number of rotatable bonds is 3. The van der Waals surface area contributed by atoms with E-state index in [0.29, 0.717) is 24.1 Å². The van der Waals surface area contributed by atoms with Gasteiger partial charge >= 0.3 is 5.97 Å². The van der Waals surface area contributed by atoms with Gasteiger partial charge in [-0.15, -0.1) is 0 Å². The summed E-state index contributed by atoms with van der Waals surface area (Å²) < 4.78 is 13.1. The first kappa shape index (κ1) is 14.5. The molecule has 0 aromatic heterocycles. The Hall–Kier alpha value is -1.91. The molecule has 1 atom stereocenters. The summed E-state index contributed by atoms with van der Waals surface area (Å²) in [5, 5.41) is 8.94. The molecule has 1 aromatic carbocycles. The van der Waals surface area contributed by atoms with Crippen LogP contribution >= 0.6 is 0 Å². The maximum absolute atomic E-state index is 13.1. The fourth-order valence-electron chi connectivity index (χ4n) is 2.70. The van der Waals surface area contributed by atoms with Crippen LogP contribution in [0.4, 0.5) is 4.39 Å². The number of piperidine rings is 1. The Kier molecular flexibility index (Phi) is 4.37. The van der Waals surface area contributed by atoms with Gasteiger partial charge in [-0.05, 0) is 49.9 Å². The summed E-state index contributed by atoms with van der Waals surface area (Å²) in [5.74, 6) is -1.47. The van der Waals surface area contributed by atoms with E-state index >= 15 is 0 Å². The van der Waals surface area contributed by atoms with E-state index in [0.717, 1.165) is 12.8 Å². The van der Waals surface area contributed by atoms with E-state index in [1.165, 1.54) is 18.2 Å². The highest BCUT2D eigenvalue weighted by atomic mass is 19.1. The van der Waals surface area contributed by atoms with Crippen molar-refractivity contribution in [2.24, 2.45) is 0 Å². The lowest BCUT2D eigenvalue weighted by Crippen LogP contribution is -2.45. The normalized spacial score (nSPS) is 18.9. The van der Waals surface area contributed by atoms with Gasteiger partial charge in [0.05, 0.1) is 6.42 Å². The molecule has 1 aliphatic rings. The Morgan fingerprint density at radius 1 is 1.40 bits per heavy atom. The minimum atomic E-state index is -0.898. The van der Waals surface area contributed by atoms with Crippen molar-refractivity contribution < 1.29 is 19.1 Å². The summed E-state index contributed by atoms with van der Waals surface area (Å²) in [6, 6.07) is 3.79. The van der Waals surface area contributed by atoms with Gasteiger partial charge in [0.15, 0.2) is 0 Å². The number of hydrogen-bond donors (Lipinski definition) is 1. The monoisotopic (exact) mass is 279 g/mol. The van der Waals surface area contributed by atoms with Crippen LogP contribution in [0.2, 0.25) is 0 Å². The molecule has 1 unspecified atom stereocenters. The second kappa shape index (κ2) is 6.03. The van der Waals surface area contributed by atoms with Crippen LogP contribution in [0.25, 0.3) is 0 Å². The number of carboxylic acids is 1. The number of nitrogens with zero attached hydrogens (tertiary/aromatic N) is 1. The predicted molar refractivity (Wildman–Crippen MR) is 72.1 cm³/mol. The average molecular weight is 279 g/mol. The van der Waals surface area contributed by atoms with Gasteiger partial charge in [-0.3, -0.25) is 9.59 Å². The number of carbonyl (C=O) groups is 2. The van der Waals surface area contributed by atoms with Crippen molar-refractivity contribution in [1.29, 1.82) is 0 Å². The van der Waals surface area contributed by atoms with Crippen molar-refractivity contribution in [3.8, 4) is 0 Å². The molecule has 1 N–H and O–H groups in total. The molecule has 1 saturated heterocycles. The summed E-state index contributed by atoms with van der Waals surface area (Å²) in [6.45, 7) is 2.25. The van der Waals surface area contributed by atoms with E-state index in [2.05, 4.69) is 0 Å². The van der Waals surface area contributed by atoms with Gasteiger partial charge in [-0.2, -0.15) is 0 Å².